The summed E-state index contributed by atoms with van der Waals surface area (Å²) in [5.74, 6) is 0.270. The summed E-state index contributed by atoms with van der Waals surface area (Å²) in [5, 5.41) is 2.89. The number of nitrogens with one attached hydrogen (secondary N) is 1. The minimum Gasteiger partial charge on any atom is -0.497 e. The van der Waals surface area contributed by atoms with Gasteiger partial charge in [0.15, 0.2) is 0 Å². The number of carbonyl (C=O) groups is 1. The Morgan fingerprint density at radius 3 is 2.13 bits per heavy atom. The van der Waals surface area contributed by atoms with Gasteiger partial charge in [-0.25, -0.2) is 8.42 Å². The number of carbonyl (C=O) groups excluding carboxylic acids is 1. The number of hydrogen-bond donors (Lipinski definition) is 1. The third kappa shape index (κ3) is 4.31. The van der Waals surface area contributed by atoms with Crippen LogP contribution in [0.5, 0.6) is 5.75 Å². The number of methoxy groups -OCH3 is 1. The summed E-state index contributed by atoms with van der Waals surface area (Å²) in [6.45, 7) is 3.82. The average molecular weight is 425 g/mol. The number of sulfonamides is 1. The van der Waals surface area contributed by atoms with E-state index in [0.29, 0.717) is 11.4 Å². The largest absolute Gasteiger partial charge is 0.497 e. The molecular weight excluding hydrogens is 400 g/mol. The minimum absolute atomic E-state index is 0.0370. The van der Waals surface area contributed by atoms with Crippen LogP contribution < -0.4 is 14.4 Å². The number of anilines is 2. The molecule has 0 aliphatic carbocycles. The summed E-state index contributed by atoms with van der Waals surface area (Å²) in [6, 6.07) is 18.5. The molecule has 0 unspecified atom stereocenters. The first kappa shape index (κ1) is 21.4. The monoisotopic (exact) mass is 424 g/mol. The molecule has 0 atom stereocenters. The van der Waals surface area contributed by atoms with Gasteiger partial charge in [0.05, 0.1) is 17.7 Å². The van der Waals surface area contributed by atoms with Crippen LogP contribution in [0.1, 0.15) is 21.5 Å². The average Bonchev–Trinajstić information content (AvgIpc) is 2.76. The highest BCUT2D eigenvalue weighted by Crippen LogP contribution is 2.25. The van der Waals surface area contributed by atoms with Crippen molar-refractivity contribution in [2.24, 2.45) is 0 Å². The Kier molecular flexibility index (Phi) is 6.12. The molecule has 0 saturated carbocycles. The molecule has 0 saturated heterocycles. The Bertz CT molecular complexity index is 1150. The summed E-state index contributed by atoms with van der Waals surface area (Å²) in [4.78, 5) is 12.8. The van der Waals surface area contributed by atoms with Crippen molar-refractivity contribution in [3.8, 4) is 5.75 Å². The molecule has 0 aliphatic heterocycles. The van der Waals surface area contributed by atoms with Gasteiger partial charge in [-0.05, 0) is 67.4 Å². The van der Waals surface area contributed by atoms with Crippen molar-refractivity contribution in [1.29, 1.82) is 0 Å². The summed E-state index contributed by atoms with van der Waals surface area (Å²) in [7, 11) is -0.825. The van der Waals surface area contributed by atoms with Crippen LogP contribution in [0.4, 0.5) is 11.4 Å². The predicted molar refractivity (Wildman–Crippen MR) is 119 cm³/mol. The smallest absolute Gasteiger partial charge is 0.264 e. The van der Waals surface area contributed by atoms with Crippen LogP contribution in [0.3, 0.4) is 0 Å². The summed E-state index contributed by atoms with van der Waals surface area (Å²) < 4.78 is 32.5. The highest BCUT2D eigenvalue weighted by molar-refractivity contribution is 7.92. The molecule has 7 heteroatoms. The van der Waals surface area contributed by atoms with Crippen molar-refractivity contribution >= 4 is 27.3 Å². The maximum absolute atomic E-state index is 13.1. The molecule has 3 rings (SSSR count). The van der Waals surface area contributed by atoms with Crippen LogP contribution in [0.25, 0.3) is 0 Å². The molecule has 0 fully saturated rings. The highest BCUT2D eigenvalue weighted by Gasteiger charge is 2.23. The highest BCUT2D eigenvalue weighted by atomic mass is 32.2. The van der Waals surface area contributed by atoms with E-state index in [1.54, 1.807) is 43.5 Å². The number of benzene rings is 3. The lowest BCUT2D eigenvalue weighted by Gasteiger charge is -2.20. The van der Waals surface area contributed by atoms with E-state index in [4.69, 9.17) is 4.74 Å². The molecule has 0 heterocycles. The van der Waals surface area contributed by atoms with Crippen molar-refractivity contribution in [3.05, 3.63) is 83.4 Å². The zero-order valence-electron chi connectivity index (χ0n) is 17.3. The van der Waals surface area contributed by atoms with Gasteiger partial charge in [0.2, 0.25) is 0 Å². The Morgan fingerprint density at radius 2 is 1.53 bits per heavy atom. The topological polar surface area (TPSA) is 75.7 Å². The Labute approximate surface area is 177 Å². The Balaban J connectivity index is 1.88. The van der Waals surface area contributed by atoms with Gasteiger partial charge in [0.25, 0.3) is 15.9 Å². The third-order valence-corrected chi connectivity index (χ3v) is 6.69. The van der Waals surface area contributed by atoms with E-state index in [-0.39, 0.29) is 16.4 Å². The van der Waals surface area contributed by atoms with Gasteiger partial charge in [0.1, 0.15) is 5.75 Å². The quantitative estimate of drug-likeness (QED) is 0.637. The second kappa shape index (κ2) is 8.59. The van der Waals surface area contributed by atoms with E-state index in [1.807, 2.05) is 32.0 Å². The van der Waals surface area contributed by atoms with Crippen LogP contribution in [-0.4, -0.2) is 28.5 Å². The third-order valence-electron chi connectivity index (χ3n) is 4.91. The van der Waals surface area contributed by atoms with Crippen LogP contribution in [0.2, 0.25) is 0 Å². The van der Waals surface area contributed by atoms with Crippen molar-refractivity contribution in [3.63, 3.8) is 0 Å². The first-order valence-electron chi connectivity index (χ1n) is 9.34. The van der Waals surface area contributed by atoms with E-state index in [0.717, 1.165) is 16.8 Å². The lowest BCUT2D eigenvalue weighted by Crippen LogP contribution is -2.26. The van der Waals surface area contributed by atoms with Gasteiger partial charge in [0, 0.05) is 18.3 Å². The number of rotatable bonds is 6. The zero-order chi connectivity index (χ0) is 21.9. The number of hydrogen-bond acceptors (Lipinski definition) is 4. The van der Waals surface area contributed by atoms with Gasteiger partial charge in [-0.1, -0.05) is 24.3 Å². The van der Waals surface area contributed by atoms with E-state index in [2.05, 4.69) is 5.32 Å². The number of aryl methyl sites for hydroxylation is 2. The number of para-hydroxylation sites is 1. The zero-order valence-corrected chi connectivity index (χ0v) is 18.2. The molecule has 6 nitrogen and oxygen atoms in total. The van der Waals surface area contributed by atoms with Gasteiger partial charge in [-0.15, -0.1) is 0 Å². The van der Waals surface area contributed by atoms with E-state index < -0.39 is 10.0 Å². The molecule has 0 aliphatic rings. The van der Waals surface area contributed by atoms with Crippen LogP contribution in [0, 0.1) is 13.8 Å². The fourth-order valence-corrected chi connectivity index (χ4v) is 4.33. The Morgan fingerprint density at radius 1 is 0.933 bits per heavy atom. The van der Waals surface area contributed by atoms with Gasteiger partial charge >= 0.3 is 0 Å². The van der Waals surface area contributed by atoms with Gasteiger partial charge < -0.3 is 10.1 Å². The van der Waals surface area contributed by atoms with E-state index in [1.165, 1.54) is 23.5 Å². The molecule has 3 aromatic carbocycles. The van der Waals surface area contributed by atoms with E-state index >= 15 is 0 Å². The molecule has 30 heavy (non-hydrogen) atoms. The fourth-order valence-electron chi connectivity index (χ4n) is 3.08. The molecule has 156 valence electrons. The maximum Gasteiger partial charge on any atom is 0.264 e. The van der Waals surface area contributed by atoms with E-state index in [9.17, 15) is 13.2 Å². The SMILES string of the molecule is COc1ccc(N(C)S(=O)(=O)c2cccc(C(=O)Nc3c(C)cccc3C)c2)cc1. The van der Waals surface area contributed by atoms with Crippen LogP contribution in [-0.2, 0) is 10.0 Å². The van der Waals surface area contributed by atoms with Crippen molar-refractivity contribution in [2.75, 3.05) is 23.8 Å². The molecule has 0 spiro atoms. The lowest BCUT2D eigenvalue weighted by molar-refractivity contribution is 0.102. The molecule has 3 aromatic rings. The number of amides is 1. The molecular formula is C23H24N2O4S. The maximum atomic E-state index is 13.1. The van der Waals surface area contributed by atoms with Crippen molar-refractivity contribution in [2.45, 2.75) is 18.7 Å². The molecule has 0 bridgehead atoms. The normalized spacial score (nSPS) is 11.1. The van der Waals surface area contributed by atoms with Gasteiger partial charge in [-0.2, -0.15) is 0 Å². The second-order valence-electron chi connectivity index (χ2n) is 6.92. The Hall–Kier alpha value is -3.32. The van der Waals surface area contributed by atoms with Gasteiger partial charge in [-0.3, -0.25) is 9.10 Å². The first-order valence-corrected chi connectivity index (χ1v) is 10.8. The molecule has 0 aromatic heterocycles. The summed E-state index contributed by atoms with van der Waals surface area (Å²) in [6.07, 6.45) is 0. The summed E-state index contributed by atoms with van der Waals surface area (Å²) in [5.41, 5.74) is 3.35. The second-order valence-corrected chi connectivity index (χ2v) is 8.89. The lowest BCUT2D eigenvalue weighted by atomic mass is 10.1. The standard InChI is InChI=1S/C23H24N2O4S/c1-16-7-5-8-17(2)22(16)24-23(26)18-9-6-10-21(15-18)30(27,28)25(3)19-11-13-20(29-4)14-12-19/h5-15H,1-4H3,(H,24,26). The molecule has 1 amide bonds. The first-order chi connectivity index (χ1) is 14.2. The van der Waals surface area contributed by atoms with Crippen molar-refractivity contribution < 1.29 is 17.9 Å². The van der Waals surface area contributed by atoms with Crippen LogP contribution >= 0.6 is 0 Å². The minimum atomic E-state index is -3.84. The predicted octanol–water partition coefficient (Wildman–Crippen LogP) is 4.39. The molecule has 1 N–H and O–H groups in total. The number of ether oxygens (including phenoxy) is 1. The summed E-state index contributed by atoms with van der Waals surface area (Å²) >= 11 is 0. The molecule has 0 radical (unpaired) electrons. The number of nitrogens with zero attached hydrogens (tertiary/aromatic N) is 1. The fraction of sp³-hybridized carbons (Fsp3) is 0.174. The van der Waals surface area contributed by atoms with Crippen molar-refractivity contribution in [1.82, 2.24) is 0 Å². The van der Waals surface area contributed by atoms with Crippen LogP contribution in [0.15, 0.2) is 71.6 Å².